The van der Waals surface area contributed by atoms with E-state index in [-0.39, 0.29) is 31.1 Å². The Balaban J connectivity index is 4.29. The fraction of sp³-hybridized carbons (Fsp3) is 0.914. The molecule has 1 unspecified atom stereocenters. The van der Waals surface area contributed by atoms with E-state index in [0.29, 0.717) is 19.3 Å². The normalized spacial score (nSPS) is 12.0. The van der Waals surface area contributed by atoms with Crippen molar-refractivity contribution in [1.29, 1.82) is 0 Å². The number of carbonyl (C=O) groups is 3. The molecule has 6 heteroatoms. The van der Waals surface area contributed by atoms with Crippen molar-refractivity contribution in [3.05, 3.63) is 12.2 Å². The van der Waals surface area contributed by atoms with E-state index in [1.165, 1.54) is 225 Å². The van der Waals surface area contributed by atoms with E-state index in [9.17, 15) is 14.4 Å². The number of hydrogen-bond acceptors (Lipinski definition) is 6. The summed E-state index contributed by atoms with van der Waals surface area (Å²) in [5, 5.41) is 0. The number of allylic oxidation sites excluding steroid dienone is 2. The molecule has 0 aromatic heterocycles. The maximum absolute atomic E-state index is 12.8. The fourth-order valence-corrected chi connectivity index (χ4v) is 8.68. The molecule has 0 saturated carbocycles. The number of ether oxygens (including phenoxy) is 3. The van der Waals surface area contributed by atoms with Crippen LogP contribution in [0.5, 0.6) is 0 Å². The summed E-state index contributed by atoms with van der Waals surface area (Å²) >= 11 is 0. The monoisotopic (exact) mass is 903 g/mol. The van der Waals surface area contributed by atoms with Crippen LogP contribution in [-0.2, 0) is 28.6 Å². The average Bonchev–Trinajstić information content (AvgIpc) is 3.29. The second-order valence-corrected chi connectivity index (χ2v) is 19.6. The summed E-state index contributed by atoms with van der Waals surface area (Å²) in [6.45, 7) is 6.69. The van der Waals surface area contributed by atoms with Crippen molar-refractivity contribution in [3.63, 3.8) is 0 Å². The van der Waals surface area contributed by atoms with Crippen LogP contribution >= 0.6 is 0 Å². The van der Waals surface area contributed by atoms with Gasteiger partial charge in [-0.25, -0.2) is 0 Å². The highest BCUT2D eigenvalue weighted by Crippen LogP contribution is 2.17. The van der Waals surface area contributed by atoms with E-state index in [1.54, 1.807) is 0 Å². The summed E-state index contributed by atoms with van der Waals surface area (Å²) in [4.78, 5) is 38.1. The van der Waals surface area contributed by atoms with Crippen molar-refractivity contribution in [1.82, 2.24) is 0 Å². The third-order valence-corrected chi connectivity index (χ3v) is 13.0. The minimum atomic E-state index is -0.765. The molecule has 0 spiro atoms. The molecule has 0 aliphatic heterocycles. The molecule has 378 valence electrons. The zero-order valence-electron chi connectivity index (χ0n) is 43.3. The van der Waals surface area contributed by atoms with Crippen LogP contribution in [0.4, 0.5) is 0 Å². The van der Waals surface area contributed by atoms with Crippen LogP contribution in [0.2, 0.25) is 0 Å². The number of rotatable bonds is 53. The van der Waals surface area contributed by atoms with Gasteiger partial charge in [-0.2, -0.15) is 0 Å². The number of esters is 3. The predicted molar refractivity (Wildman–Crippen MR) is 275 cm³/mol. The van der Waals surface area contributed by atoms with Crippen LogP contribution in [0.1, 0.15) is 323 Å². The van der Waals surface area contributed by atoms with E-state index < -0.39 is 6.10 Å². The second kappa shape index (κ2) is 53.8. The summed E-state index contributed by atoms with van der Waals surface area (Å²) in [6.07, 6.45) is 60.5. The molecule has 0 amide bonds. The molecule has 0 bridgehead atoms. The molecule has 0 aromatic rings. The van der Waals surface area contributed by atoms with Crippen LogP contribution in [0.25, 0.3) is 0 Å². The van der Waals surface area contributed by atoms with Crippen LogP contribution in [0.3, 0.4) is 0 Å². The van der Waals surface area contributed by atoms with Crippen molar-refractivity contribution in [2.45, 2.75) is 329 Å². The zero-order chi connectivity index (χ0) is 46.5. The van der Waals surface area contributed by atoms with Gasteiger partial charge in [-0.3, -0.25) is 14.4 Å². The Bertz CT molecular complexity index is 993. The van der Waals surface area contributed by atoms with Crippen molar-refractivity contribution < 1.29 is 28.6 Å². The van der Waals surface area contributed by atoms with Crippen LogP contribution in [0, 0.1) is 0 Å². The first-order valence-electron chi connectivity index (χ1n) is 28.7. The molecule has 0 aliphatic rings. The summed E-state index contributed by atoms with van der Waals surface area (Å²) in [5.74, 6) is -0.847. The van der Waals surface area contributed by atoms with Gasteiger partial charge in [0.1, 0.15) is 13.2 Å². The van der Waals surface area contributed by atoms with Gasteiger partial charge in [0.15, 0.2) is 6.10 Å². The first-order chi connectivity index (χ1) is 31.5. The van der Waals surface area contributed by atoms with Gasteiger partial charge in [0.25, 0.3) is 0 Å². The lowest BCUT2D eigenvalue weighted by Crippen LogP contribution is -2.30. The maximum atomic E-state index is 12.8. The molecule has 0 radical (unpaired) electrons. The largest absolute Gasteiger partial charge is 0.462 e. The Labute approximate surface area is 399 Å². The zero-order valence-corrected chi connectivity index (χ0v) is 43.3. The van der Waals surface area contributed by atoms with Crippen LogP contribution in [-0.4, -0.2) is 37.2 Å². The molecule has 6 nitrogen and oxygen atoms in total. The Morgan fingerprint density at radius 1 is 0.297 bits per heavy atom. The third-order valence-electron chi connectivity index (χ3n) is 13.0. The van der Waals surface area contributed by atoms with Gasteiger partial charge in [-0.1, -0.05) is 270 Å². The smallest absolute Gasteiger partial charge is 0.306 e. The molecule has 0 rings (SSSR count). The summed E-state index contributed by atoms with van der Waals surface area (Å²) in [7, 11) is 0. The molecular formula is C58H110O6. The van der Waals surface area contributed by atoms with Gasteiger partial charge < -0.3 is 14.2 Å². The number of unbranched alkanes of at least 4 members (excludes halogenated alkanes) is 40. The molecular weight excluding hydrogens is 793 g/mol. The van der Waals surface area contributed by atoms with E-state index in [2.05, 4.69) is 32.9 Å². The van der Waals surface area contributed by atoms with E-state index in [0.717, 1.165) is 57.8 Å². The van der Waals surface area contributed by atoms with Gasteiger partial charge in [0.2, 0.25) is 0 Å². The van der Waals surface area contributed by atoms with Crippen LogP contribution in [0.15, 0.2) is 12.2 Å². The minimum Gasteiger partial charge on any atom is -0.462 e. The van der Waals surface area contributed by atoms with Crippen molar-refractivity contribution in [3.8, 4) is 0 Å². The van der Waals surface area contributed by atoms with E-state index in [4.69, 9.17) is 14.2 Å². The lowest BCUT2D eigenvalue weighted by atomic mass is 10.0. The Hall–Kier alpha value is -1.85. The highest BCUT2D eigenvalue weighted by molar-refractivity contribution is 5.71. The molecule has 0 fully saturated rings. The maximum Gasteiger partial charge on any atom is 0.306 e. The number of carbonyl (C=O) groups excluding carboxylic acids is 3. The summed E-state index contributed by atoms with van der Waals surface area (Å²) < 4.78 is 16.9. The Morgan fingerprint density at radius 3 is 0.781 bits per heavy atom. The predicted octanol–water partition coefficient (Wildman–Crippen LogP) is 18.9. The molecule has 0 aliphatic carbocycles. The van der Waals surface area contributed by atoms with Crippen LogP contribution < -0.4 is 0 Å². The topological polar surface area (TPSA) is 78.9 Å². The van der Waals surface area contributed by atoms with Gasteiger partial charge in [-0.15, -0.1) is 0 Å². The van der Waals surface area contributed by atoms with Gasteiger partial charge in [0.05, 0.1) is 0 Å². The molecule has 0 aromatic carbocycles. The molecule has 0 N–H and O–H groups in total. The van der Waals surface area contributed by atoms with Crippen molar-refractivity contribution >= 4 is 17.9 Å². The number of hydrogen-bond donors (Lipinski definition) is 0. The Kier molecular flexibility index (Phi) is 52.2. The second-order valence-electron chi connectivity index (χ2n) is 19.6. The summed E-state index contributed by atoms with van der Waals surface area (Å²) in [5.41, 5.74) is 0. The summed E-state index contributed by atoms with van der Waals surface area (Å²) in [6, 6.07) is 0. The van der Waals surface area contributed by atoms with Crippen molar-refractivity contribution in [2.24, 2.45) is 0 Å². The van der Waals surface area contributed by atoms with Gasteiger partial charge in [-0.05, 0) is 44.9 Å². The van der Waals surface area contributed by atoms with Gasteiger partial charge >= 0.3 is 17.9 Å². The minimum absolute atomic E-state index is 0.0654. The van der Waals surface area contributed by atoms with E-state index >= 15 is 0 Å². The highest BCUT2D eigenvalue weighted by atomic mass is 16.6. The van der Waals surface area contributed by atoms with Crippen molar-refractivity contribution in [2.75, 3.05) is 13.2 Å². The third kappa shape index (κ3) is 51.1. The first kappa shape index (κ1) is 62.1. The fourth-order valence-electron chi connectivity index (χ4n) is 8.68. The van der Waals surface area contributed by atoms with Gasteiger partial charge in [0, 0.05) is 19.3 Å². The first-order valence-corrected chi connectivity index (χ1v) is 28.7. The Morgan fingerprint density at radius 2 is 0.516 bits per heavy atom. The lowest BCUT2D eigenvalue weighted by molar-refractivity contribution is -0.167. The quantitative estimate of drug-likeness (QED) is 0.0262. The highest BCUT2D eigenvalue weighted by Gasteiger charge is 2.19. The standard InChI is InChI=1S/C58H110O6/c1-4-7-10-13-16-19-22-25-27-28-29-30-31-34-36-39-42-45-48-51-57(60)63-54-55(53-62-56(59)50-47-44-41-38-35-32-24-21-18-15-12-9-6-3)64-58(61)52-49-46-43-40-37-33-26-23-20-17-14-11-8-5-2/h28-29,55H,4-27,30-54H2,1-3H3/b29-28-. The molecule has 0 heterocycles. The molecule has 0 saturated heterocycles. The average molecular weight is 904 g/mol. The lowest BCUT2D eigenvalue weighted by Gasteiger charge is -2.18. The molecule has 1 atom stereocenters. The SMILES string of the molecule is CCCCCCCCCC/C=C\CCCCCCCCCC(=O)OCC(COC(=O)CCCCCCCCCCCCCCC)OC(=O)CCCCCCCCCCCCCCCC. The molecule has 64 heavy (non-hydrogen) atoms. The van der Waals surface area contributed by atoms with E-state index in [1.807, 2.05) is 0 Å².